The fraction of sp³-hybridized carbons (Fsp3) is 1.00. The number of ether oxygens (including phenoxy) is 1. The Labute approximate surface area is 289 Å². The molecule has 7 saturated carbocycles. The summed E-state index contributed by atoms with van der Waals surface area (Å²) in [6, 6.07) is 0. The van der Waals surface area contributed by atoms with Crippen molar-refractivity contribution >= 4 is 0 Å². The summed E-state index contributed by atoms with van der Waals surface area (Å²) in [6.45, 7) is 0. The minimum absolute atomic E-state index is 0.472. The summed E-state index contributed by atoms with van der Waals surface area (Å²) in [5.41, 5.74) is 0. The molecule has 12 unspecified atom stereocenters. The maximum absolute atomic E-state index is 7.42. The Morgan fingerprint density at radius 1 is 0.298 bits per heavy atom. The number of fused-ring (bicyclic) bond motifs is 5. The third kappa shape index (κ3) is 6.80. The van der Waals surface area contributed by atoms with E-state index in [2.05, 4.69) is 16.0 Å². The Morgan fingerprint density at radius 2 is 0.809 bits per heavy atom. The van der Waals surface area contributed by atoms with Crippen molar-refractivity contribution in [3.8, 4) is 0 Å². The van der Waals surface area contributed by atoms with E-state index < -0.39 is 0 Å². The van der Waals surface area contributed by atoms with Crippen molar-refractivity contribution in [3.63, 3.8) is 0 Å². The highest BCUT2D eigenvalue weighted by molar-refractivity contribution is 5.07. The normalized spacial score (nSPS) is 49.1. The summed E-state index contributed by atoms with van der Waals surface area (Å²) in [7, 11) is 0. The molecule has 9 aliphatic rings. The first kappa shape index (κ1) is 32.7. The van der Waals surface area contributed by atoms with E-state index in [-0.39, 0.29) is 0 Å². The van der Waals surface area contributed by atoms with E-state index in [9.17, 15) is 0 Å². The van der Waals surface area contributed by atoms with E-state index in [4.69, 9.17) is 4.74 Å². The zero-order valence-corrected chi connectivity index (χ0v) is 30.2. The van der Waals surface area contributed by atoms with Crippen LogP contribution in [0.4, 0.5) is 0 Å². The molecule has 2 aliphatic heterocycles. The molecule has 9 fully saturated rings. The zero-order chi connectivity index (χ0) is 31.2. The lowest BCUT2D eigenvalue weighted by Crippen LogP contribution is -2.73. The lowest BCUT2D eigenvalue weighted by Gasteiger charge is -2.54. The van der Waals surface area contributed by atoms with Gasteiger partial charge in [0.2, 0.25) is 0 Å². The van der Waals surface area contributed by atoms with Gasteiger partial charge in [-0.1, -0.05) is 103 Å². The highest BCUT2D eigenvalue weighted by atomic mass is 16.5. The molecular weight excluding hydrogens is 574 g/mol. The minimum Gasteiger partial charge on any atom is -0.374 e. The second kappa shape index (κ2) is 14.8. The van der Waals surface area contributed by atoms with Gasteiger partial charge >= 0.3 is 0 Å². The highest BCUT2D eigenvalue weighted by Gasteiger charge is 2.58. The van der Waals surface area contributed by atoms with E-state index in [0.29, 0.717) is 30.7 Å². The van der Waals surface area contributed by atoms with Crippen LogP contribution >= 0.6 is 0 Å². The summed E-state index contributed by atoms with van der Waals surface area (Å²) in [6.07, 6.45) is 42.5. The van der Waals surface area contributed by atoms with E-state index in [1.54, 1.807) is 25.7 Å². The van der Waals surface area contributed by atoms with Gasteiger partial charge in [0.05, 0.1) is 30.7 Å². The molecule has 12 atom stereocenters. The van der Waals surface area contributed by atoms with E-state index in [1.165, 1.54) is 148 Å². The third-order valence-corrected chi connectivity index (χ3v) is 17.1. The summed E-state index contributed by atoms with van der Waals surface area (Å²) < 4.78 is 7.42. The van der Waals surface area contributed by atoms with Gasteiger partial charge in [0.25, 0.3) is 0 Å². The molecule has 0 aromatic carbocycles. The molecule has 3 N–H and O–H groups in total. The van der Waals surface area contributed by atoms with Gasteiger partial charge in [-0.3, -0.25) is 16.0 Å². The summed E-state index contributed by atoms with van der Waals surface area (Å²) in [4.78, 5) is 0. The molecule has 266 valence electrons. The van der Waals surface area contributed by atoms with Crippen LogP contribution in [-0.2, 0) is 4.74 Å². The van der Waals surface area contributed by atoms with Crippen LogP contribution in [0.2, 0.25) is 0 Å². The smallest absolute Gasteiger partial charge is 0.0628 e. The van der Waals surface area contributed by atoms with E-state index in [1.807, 2.05) is 0 Å². The van der Waals surface area contributed by atoms with E-state index in [0.717, 1.165) is 65.1 Å². The van der Waals surface area contributed by atoms with Crippen LogP contribution in [0.25, 0.3) is 0 Å². The summed E-state index contributed by atoms with van der Waals surface area (Å²) >= 11 is 0. The topological polar surface area (TPSA) is 45.3 Å². The van der Waals surface area contributed by atoms with Crippen molar-refractivity contribution in [2.45, 2.75) is 204 Å². The zero-order valence-electron chi connectivity index (χ0n) is 30.2. The van der Waals surface area contributed by atoms with Crippen molar-refractivity contribution in [1.29, 1.82) is 0 Å². The first-order valence-corrected chi connectivity index (χ1v) is 22.2. The van der Waals surface area contributed by atoms with Crippen molar-refractivity contribution in [1.82, 2.24) is 16.0 Å². The molecular formula is C43H73N3O. The first-order valence-electron chi connectivity index (χ1n) is 22.2. The van der Waals surface area contributed by atoms with Gasteiger partial charge in [-0.05, 0) is 136 Å². The van der Waals surface area contributed by atoms with Crippen molar-refractivity contribution in [2.75, 3.05) is 0 Å². The molecule has 4 heteroatoms. The lowest BCUT2D eigenvalue weighted by molar-refractivity contribution is -0.0730. The molecule has 9 rings (SSSR count). The van der Waals surface area contributed by atoms with Crippen molar-refractivity contribution in [2.24, 2.45) is 65.1 Å². The fourth-order valence-electron chi connectivity index (χ4n) is 14.8. The monoisotopic (exact) mass is 648 g/mol. The van der Waals surface area contributed by atoms with Gasteiger partial charge in [-0.25, -0.2) is 0 Å². The lowest BCUT2D eigenvalue weighted by atomic mass is 9.55. The second-order valence-electron chi connectivity index (χ2n) is 19.4. The summed E-state index contributed by atoms with van der Waals surface area (Å²) in [5.74, 6) is 10.0. The Hall–Kier alpha value is -0.160. The van der Waals surface area contributed by atoms with Gasteiger partial charge in [0.15, 0.2) is 0 Å². The summed E-state index contributed by atoms with van der Waals surface area (Å²) in [5, 5.41) is 12.9. The Balaban J connectivity index is 0.901. The van der Waals surface area contributed by atoms with Crippen LogP contribution in [0.5, 0.6) is 0 Å². The average molecular weight is 648 g/mol. The number of hydrogen-bond donors (Lipinski definition) is 3. The van der Waals surface area contributed by atoms with E-state index >= 15 is 0 Å². The van der Waals surface area contributed by atoms with Crippen LogP contribution in [-0.4, -0.2) is 30.7 Å². The molecule has 0 aromatic rings. The number of nitrogens with one attached hydrogen (secondary N) is 3. The van der Waals surface area contributed by atoms with Gasteiger partial charge < -0.3 is 4.74 Å². The SMILES string of the molecule is C1CCC(C2CCCC(C3CCC4C(C3)OC3CC(C5NC(C6CCCCC6)NC(C6CCCCC6)N5)C5CCCCC5C34)C2)CC1. The third-order valence-electron chi connectivity index (χ3n) is 17.1. The molecule has 47 heavy (non-hydrogen) atoms. The average Bonchev–Trinajstić information content (AvgIpc) is 3.53. The van der Waals surface area contributed by atoms with Gasteiger partial charge in [0.1, 0.15) is 0 Å². The molecule has 0 spiro atoms. The maximum Gasteiger partial charge on any atom is 0.0628 e. The number of hydrogen-bond acceptors (Lipinski definition) is 4. The standard InChI is InChI=1S/C43H73N3O/c1-4-13-28(14-5-1)31-19-12-20-32(25-31)33-23-24-36-38(26-33)47-39-27-37(34-21-10-11-22-35(34)40(36)39)43-45-41(29-15-6-2-7-16-29)44-42(46-43)30-17-8-3-9-18-30/h28-46H,1-27H2. The predicted octanol–water partition coefficient (Wildman–Crippen LogP) is 9.92. The van der Waals surface area contributed by atoms with Crippen molar-refractivity contribution < 1.29 is 4.74 Å². The molecule has 2 heterocycles. The van der Waals surface area contributed by atoms with Gasteiger partial charge in [0, 0.05) is 0 Å². The van der Waals surface area contributed by atoms with Crippen LogP contribution in [0.3, 0.4) is 0 Å². The van der Waals surface area contributed by atoms with Crippen LogP contribution < -0.4 is 16.0 Å². The first-order chi connectivity index (χ1) is 23.3. The maximum atomic E-state index is 7.42. The Morgan fingerprint density at radius 3 is 1.47 bits per heavy atom. The minimum atomic E-state index is 0.472. The van der Waals surface area contributed by atoms with Crippen molar-refractivity contribution in [3.05, 3.63) is 0 Å². The highest BCUT2D eigenvalue weighted by Crippen LogP contribution is 2.59. The quantitative estimate of drug-likeness (QED) is 0.278. The van der Waals surface area contributed by atoms with Gasteiger partial charge in [-0.15, -0.1) is 0 Å². The van der Waals surface area contributed by atoms with Gasteiger partial charge in [-0.2, -0.15) is 0 Å². The Kier molecular flexibility index (Phi) is 10.3. The molecule has 0 bridgehead atoms. The molecule has 0 radical (unpaired) electrons. The molecule has 0 amide bonds. The van der Waals surface area contributed by atoms with Crippen LogP contribution in [0.15, 0.2) is 0 Å². The largest absolute Gasteiger partial charge is 0.374 e. The number of rotatable bonds is 5. The predicted molar refractivity (Wildman–Crippen MR) is 192 cm³/mol. The molecule has 0 aromatic heterocycles. The molecule has 2 saturated heterocycles. The molecule has 7 aliphatic carbocycles. The van der Waals surface area contributed by atoms with Crippen LogP contribution in [0, 0.1) is 65.1 Å². The fourth-order valence-corrected chi connectivity index (χ4v) is 14.8. The molecule has 4 nitrogen and oxygen atoms in total. The Bertz CT molecular complexity index is 975. The van der Waals surface area contributed by atoms with Crippen LogP contribution in [0.1, 0.15) is 173 Å². The second-order valence-corrected chi connectivity index (χ2v) is 19.4.